The van der Waals surface area contributed by atoms with E-state index in [1.54, 1.807) is 20.4 Å². The third-order valence-corrected chi connectivity index (χ3v) is 5.38. The van der Waals surface area contributed by atoms with Crippen molar-refractivity contribution < 1.29 is 19.1 Å². The van der Waals surface area contributed by atoms with E-state index in [1.807, 2.05) is 68.4 Å². The van der Waals surface area contributed by atoms with Crippen molar-refractivity contribution >= 4 is 18.0 Å². The Kier molecular flexibility index (Phi) is 8.45. The predicted octanol–water partition coefficient (Wildman–Crippen LogP) is 3.31. The summed E-state index contributed by atoms with van der Waals surface area (Å²) in [4.78, 5) is 24.2. The number of carbonyl (C=O) groups excluding carboxylic acids is 2. The number of amides is 2. The van der Waals surface area contributed by atoms with Gasteiger partial charge in [0, 0.05) is 29.2 Å². The van der Waals surface area contributed by atoms with Crippen LogP contribution in [0.4, 0.5) is 0 Å². The van der Waals surface area contributed by atoms with Crippen LogP contribution in [0, 0.1) is 13.8 Å². The zero-order valence-corrected chi connectivity index (χ0v) is 19.9. The summed E-state index contributed by atoms with van der Waals surface area (Å²) in [5, 5.41) is 6.77. The Bertz CT molecular complexity index is 1170. The summed E-state index contributed by atoms with van der Waals surface area (Å²) in [7, 11) is 3.15. The van der Waals surface area contributed by atoms with Crippen LogP contribution >= 0.6 is 0 Å². The Morgan fingerprint density at radius 2 is 1.71 bits per heavy atom. The number of ether oxygens (including phenoxy) is 2. The number of hydrogen-bond donors (Lipinski definition) is 2. The summed E-state index contributed by atoms with van der Waals surface area (Å²) < 4.78 is 12.6. The number of benzene rings is 2. The summed E-state index contributed by atoms with van der Waals surface area (Å²) in [5.74, 6) is 0.440. The second kappa shape index (κ2) is 11.7. The lowest BCUT2D eigenvalue weighted by Crippen LogP contribution is -2.31. The topological polar surface area (TPSA) is 94.0 Å². The Morgan fingerprint density at radius 3 is 2.41 bits per heavy atom. The summed E-state index contributed by atoms with van der Waals surface area (Å²) in [6, 6.07) is 17.6. The van der Waals surface area contributed by atoms with Gasteiger partial charge in [-0.25, -0.2) is 5.43 Å². The van der Waals surface area contributed by atoms with Crippen LogP contribution in [-0.4, -0.2) is 43.4 Å². The molecule has 0 fully saturated rings. The number of aryl methyl sites for hydroxylation is 1. The van der Waals surface area contributed by atoms with E-state index >= 15 is 0 Å². The van der Waals surface area contributed by atoms with Crippen molar-refractivity contribution in [1.29, 1.82) is 0 Å². The molecular weight excluding hydrogens is 432 g/mol. The zero-order valence-electron chi connectivity index (χ0n) is 19.9. The standard InChI is InChI=1S/C26H30N4O4/c1-18-14-21(19(2)30(18)22-8-6-5-7-9-22)17-28-29-26(32)16-25(31)27-13-12-20-10-11-23(33-3)24(15-20)34-4/h5-11,14-15,17H,12-13,16H2,1-4H3,(H,27,31)(H,29,32)/b28-17+. The van der Waals surface area contributed by atoms with E-state index in [2.05, 4.69) is 20.4 Å². The Morgan fingerprint density at radius 1 is 0.971 bits per heavy atom. The maximum absolute atomic E-state index is 12.1. The number of aromatic nitrogens is 1. The molecule has 0 atom stereocenters. The molecular formula is C26H30N4O4. The fourth-order valence-corrected chi connectivity index (χ4v) is 3.70. The van der Waals surface area contributed by atoms with Crippen LogP contribution in [-0.2, 0) is 16.0 Å². The number of methoxy groups -OCH3 is 2. The Balaban J connectivity index is 1.47. The Hall–Kier alpha value is -4.07. The van der Waals surface area contributed by atoms with Gasteiger partial charge in [0.25, 0.3) is 0 Å². The first-order valence-corrected chi connectivity index (χ1v) is 11.0. The second-order valence-corrected chi connectivity index (χ2v) is 7.76. The van der Waals surface area contributed by atoms with Crippen molar-refractivity contribution in [3.05, 3.63) is 77.1 Å². The first-order valence-electron chi connectivity index (χ1n) is 11.0. The normalized spacial score (nSPS) is 10.8. The van der Waals surface area contributed by atoms with Crippen molar-refractivity contribution in [2.45, 2.75) is 26.7 Å². The largest absolute Gasteiger partial charge is 0.493 e. The van der Waals surface area contributed by atoms with Crippen LogP contribution in [0.5, 0.6) is 11.5 Å². The Labute approximate surface area is 199 Å². The van der Waals surface area contributed by atoms with E-state index in [0.29, 0.717) is 24.5 Å². The maximum atomic E-state index is 12.1. The van der Waals surface area contributed by atoms with Gasteiger partial charge >= 0.3 is 0 Å². The molecule has 0 aliphatic carbocycles. The van der Waals surface area contributed by atoms with Crippen LogP contribution < -0.4 is 20.2 Å². The van der Waals surface area contributed by atoms with E-state index in [0.717, 1.165) is 28.2 Å². The van der Waals surface area contributed by atoms with Gasteiger partial charge in [0.2, 0.25) is 11.8 Å². The number of nitrogens with zero attached hydrogens (tertiary/aromatic N) is 2. The minimum atomic E-state index is -0.475. The third kappa shape index (κ3) is 6.25. The van der Waals surface area contributed by atoms with Gasteiger partial charge in [0.05, 0.1) is 20.4 Å². The van der Waals surface area contributed by atoms with Crippen LogP contribution in [0.15, 0.2) is 59.7 Å². The van der Waals surface area contributed by atoms with Gasteiger partial charge in [-0.15, -0.1) is 0 Å². The van der Waals surface area contributed by atoms with Gasteiger partial charge < -0.3 is 19.4 Å². The van der Waals surface area contributed by atoms with Gasteiger partial charge in [0.1, 0.15) is 6.42 Å². The summed E-state index contributed by atoms with van der Waals surface area (Å²) in [5.41, 5.74) is 7.43. The van der Waals surface area contributed by atoms with Gasteiger partial charge in [-0.2, -0.15) is 5.10 Å². The highest BCUT2D eigenvalue weighted by molar-refractivity contribution is 5.97. The first kappa shape index (κ1) is 24.6. The molecule has 34 heavy (non-hydrogen) atoms. The lowest BCUT2D eigenvalue weighted by atomic mass is 10.1. The van der Waals surface area contributed by atoms with Gasteiger partial charge in [-0.1, -0.05) is 24.3 Å². The first-order chi connectivity index (χ1) is 16.4. The van der Waals surface area contributed by atoms with Gasteiger partial charge in [-0.3, -0.25) is 9.59 Å². The highest BCUT2D eigenvalue weighted by Gasteiger charge is 2.11. The summed E-state index contributed by atoms with van der Waals surface area (Å²) >= 11 is 0. The number of carbonyl (C=O) groups is 2. The number of nitrogens with one attached hydrogen (secondary N) is 2. The van der Waals surface area contributed by atoms with E-state index in [9.17, 15) is 9.59 Å². The van der Waals surface area contributed by atoms with Crippen LogP contribution in [0.3, 0.4) is 0 Å². The van der Waals surface area contributed by atoms with Crippen molar-refractivity contribution in [3.63, 3.8) is 0 Å². The molecule has 0 bridgehead atoms. The molecule has 2 amide bonds. The molecule has 8 heteroatoms. The maximum Gasteiger partial charge on any atom is 0.249 e. The zero-order chi connectivity index (χ0) is 24.5. The predicted molar refractivity (Wildman–Crippen MR) is 132 cm³/mol. The van der Waals surface area contributed by atoms with Gasteiger partial charge in [0.15, 0.2) is 11.5 Å². The molecule has 1 heterocycles. The van der Waals surface area contributed by atoms with Crippen molar-refractivity contribution in [1.82, 2.24) is 15.3 Å². The van der Waals surface area contributed by atoms with Crippen LogP contribution in [0.2, 0.25) is 0 Å². The fraction of sp³-hybridized carbons (Fsp3) is 0.269. The highest BCUT2D eigenvalue weighted by atomic mass is 16.5. The average molecular weight is 463 g/mol. The second-order valence-electron chi connectivity index (χ2n) is 7.76. The van der Waals surface area contributed by atoms with Crippen LogP contribution in [0.25, 0.3) is 5.69 Å². The monoisotopic (exact) mass is 462 g/mol. The van der Waals surface area contributed by atoms with Crippen molar-refractivity contribution in [3.8, 4) is 17.2 Å². The molecule has 3 aromatic rings. The lowest BCUT2D eigenvalue weighted by Gasteiger charge is -2.10. The van der Waals surface area contributed by atoms with E-state index in [1.165, 1.54) is 0 Å². The molecule has 0 saturated carbocycles. The lowest BCUT2D eigenvalue weighted by molar-refractivity contribution is -0.129. The molecule has 178 valence electrons. The number of rotatable bonds is 10. The summed E-state index contributed by atoms with van der Waals surface area (Å²) in [6.07, 6.45) is 1.89. The van der Waals surface area contributed by atoms with E-state index in [4.69, 9.17) is 9.47 Å². The quantitative estimate of drug-likeness (QED) is 0.275. The molecule has 0 spiro atoms. The smallest absolute Gasteiger partial charge is 0.249 e. The molecule has 0 radical (unpaired) electrons. The number of para-hydroxylation sites is 1. The third-order valence-electron chi connectivity index (χ3n) is 5.38. The van der Waals surface area contributed by atoms with E-state index in [-0.39, 0.29) is 12.3 Å². The van der Waals surface area contributed by atoms with Gasteiger partial charge in [-0.05, 0) is 56.2 Å². The molecule has 0 aliphatic heterocycles. The number of hydrazone groups is 1. The molecule has 0 unspecified atom stereocenters. The molecule has 2 N–H and O–H groups in total. The van der Waals surface area contributed by atoms with Crippen molar-refractivity contribution in [2.75, 3.05) is 20.8 Å². The molecule has 3 rings (SSSR count). The minimum Gasteiger partial charge on any atom is -0.493 e. The molecule has 1 aromatic heterocycles. The highest BCUT2D eigenvalue weighted by Crippen LogP contribution is 2.27. The minimum absolute atomic E-state index is 0.299. The van der Waals surface area contributed by atoms with Crippen molar-refractivity contribution in [2.24, 2.45) is 5.10 Å². The van der Waals surface area contributed by atoms with E-state index < -0.39 is 5.91 Å². The average Bonchev–Trinajstić information content (AvgIpc) is 3.12. The number of hydrogen-bond acceptors (Lipinski definition) is 5. The SMILES string of the molecule is COc1ccc(CCNC(=O)CC(=O)N/N=C/c2cc(C)n(-c3ccccc3)c2C)cc1OC. The molecule has 2 aromatic carbocycles. The fourth-order valence-electron chi connectivity index (χ4n) is 3.70. The summed E-state index contributed by atoms with van der Waals surface area (Å²) in [6.45, 7) is 4.41. The van der Waals surface area contributed by atoms with Crippen LogP contribution in [0.1, 0.15) is 28.9 Å². The molecule has 0 saturated heterocycles. The molecule has 0 aliphatic rings. The molecule has 8 nitrogen and oxygen atoms in total.